The largest absolute Gasteiger partial charge is 0.380 e. The molecule has 0 N–H and O–H groups in total. The van der Waals surface area contributed by atoms with E-state index in [4.69, 9.17) is 4.74 Å². The van der Waals surface area contributed by atoms with Crippen LogP contribution in [0.15, 0.2) is 36.5 Å². The van der Waals surface area contributed by atoms with Gasteiger partial charge in [0.1, 0.15) is 0 Å². The molecule has 1 aromatic heterocycles. The third-order valence-electron chi connectivity index (χ3n) is 3.45. The molecule has 0 unspecified atom stereocenters. The fourth-order valence-electron chi connectivity index (χ4n) is 2.49. The molecular formula is C15H18N2O. The average molecular weight is 242 g/mol. The topological polar surface area (TPSA) is 25.4 Å². The van der Waals surface area contributed by atoms with E-state index < -0.39 is 0 Å². The molecule has 1 fully saturated rings. The summed E-state index contributed by atoms with van der Waals surface area (Å²) in [5, 5.41) is 1.27. The number of aromatic nitrogens is 1. The lowest BCUT2D eigenvalue weighted by Crippen LogP contribution is -2.25. The molecule has 2 aromatic rings. The minimum atomic E-state index is 0.850. The van der Waals surface area contributed by atoms with Crippen LogP contribution in [0.1, 0.15) is 12.0 Å². The minimum absolute atomic E-state index is 0.850. The molecule has 0 atom stereocenters. The Balaban J connectivity index is 1.85. The van der Waals surface area contributed by atoms with Gasteiger partial charge in [0.25, 0.3) is 0 Å². The predicted octanol–water partition coefficient (Wildman–Crippen LogP) is 2.46. The van der Waals surface area contributed by atoms with Crippen molar-refractivity contribution < 1.29 is 4.74 Å². The van der Waals surface area contributed by atoms with Gasteiger partial charge in [0.2, 0.25) is 0 Å². The van der Waals surface area contributed by atoms with E-state index in [2.05, 4.69) is 34.1 Å². The molecule has 0 aliphatic carbocycles. The zero-order valence-corrected chi connectivity index (χ0v) is 10.5. The Morgan fingerprint density at radius 1 is 1.11 bits per heavy atom. The van der Waals surface area contributed by atoms with E-state index in [0.717, 1.165) is 44.8 Å². The van der Waals surface area contributed by atoms with E-state index in [9.17, 15) is 0 Å². The molecule has 3 nitrogen and oxygen atoms in total. The van der Waals surface area contributed by atoms with E-state index in [1.165, 1.54) is 10.9 Å². The van der Waals surface area contributed by atoms with E-state index in [-0.39, 0.29) is 0 Å². The fourth-order valence-corrected chi connectivity index (χ4v) is 2.49. The van der Waals surface area contributed by atoms with Crippen LogP contribution in [0.4, 0.5) is 0 Å². The van der Waals surface area contributed by atoms with Gasteiger partial charge in [-0.25, -0.2) is 0 Å². The van der Waals surface area contributed by atoms with Crippen LogP contribution in [-0.4, -0.2) is 36.2 Å². The smallest absolute Gasteiger partial charge is 0.0705 e. The normalized spacial score (nSPS) is 17.8. The van der Waals surface area contributed by atoms with Crippen molar-refractivity contribution >= 4 is 10.9 Å². The molecule has 0 spiro atoms. The van der Waals surface area contributed by atoms with Crippen molar-refractivity contribution in [2.45, 2.75) is 13.0 Å². The Labute approximate surface area is 107 Å². The number of pyridine rings is 1. The van der Waals surface area contributed by atoms with Crippen LogP contribution in [0.2, 0.25) is 0 Å². The molecule has 0 amide bonds. The lowest BCUT2D eigenvalue weighted by atomic mass is 10.1. The first-order valence-corrected chi connectivity index (χ1v) is 6.56. The number of para-hydroxylation sites is 1. The lowest BCUT2D eigenvalue weighted by molar-refractivity contribution is 0.140. The highest BCUT2D eigenvalue weighted by molar-refractivity contribution is 5.81. The summed E-state index contributed by atoms with van der Waals surface area (Å²) < 4.78 is 5.50. The van der Waals surface area contributed by atoms with Gasteiger partial charge < -0.3 is 4.74 Å². The second-order valence-corrected chi connectivity index (χ2v) is 4.73. The standard InChI is InChI=1S/C15H18N2O/c1-2-5-15-14(4-1)13(6-7-16-15)12-17-8-3-10-18-11-9-17/h1-2,4-7H,3,8-12H2. The van der Waals surface area contributed by atoms with Crippen LogP contribution in [0.5, 0.6) is 0 Å². The average Bonchev–Trinajstić information content (AvgIpc) is 2.68. The summed E-state index contributed by atoms with van der Waals surface area (Å²) in [6.07, 6.45) is 3.04. The molecule has 3 heteroatoms. The van der Waals surface area contributed by atoms with Gasteiger partial charge in [0.05, 0.1) is 12.1 Å². The Morgan fingerprint density at radius 2 is 2.06 bits per heavy atom. The number of fused-ring (bicyclic) bond motifs is 1. The Bertz CT molecular complexity index is 513. The number of hydrogen-bond donors (Lipinski definition) is 0. The molecule has 1 aromatic carbocycles. The quantitative estimate of drug-likeness (QED) is 0.809. The van der Waals surface area contributed by atoms with Crippen molar-refractivity contribution in [3.8, 4) is 0 Å². The molecule has 0 saturated carbocycles. The number of nitrogens with zero attached hydrogens (tertiary/aromatic N) is 2. The molecule has 3 rings (SSSR count). The first kappa shape index (κ1) is 11.6. The summed E-state index contributed by atoms with van der Waals surface area (Å²) in [6, 6.07) is 10.5. The van der Waals surface area contributed by atoms with Gasteiger partial charge in [0, 0.05) is 37.8 Å². The summed E-state index contributed by atoms with van der Waals surface area (Å²) in [4.78, 5) is 6.88. The number of benzene rings is 1. The van der Waals surface area contributed by atoms with E-state index in [1.54, 1.807) is 0 Å². The van der Waals surface area contributed by atoms with E-state index in [1.807, 2.05) is 12.3 Å². The fraction of sp³-hybridized carbons (Fsp3) is 0.400. The molecule has 0 bridgehead atoms. The molecule has 18 heavy (non-hydrogen) atoms. The Kier molecular flexibility index (Phi) is 3.53. The summed E-state index contributed by atoms with van der Waals surface area (Å²) in [5.74, 6) is 0. The molecule has 1 aliphatic rings. The van der Waals surface area contributed by atoms with Gasteiger partial charge in [-0.15, -0.1) is 0 Å². The van der Waals surface area contributed by atoms with Crippen molar-refractivity contribution in [1.82, 2.24) is 9.88 Å². The number of ether oxygens (including phenoxy) is 1. The van der Waals surface area contributed by atoms with Gasteiger partial charge in [-0.1, -0.05) is 18.2 Å². The maximum Gasteiger partial charge on any atom is 0.0705 e. The van der Waals surface area contributed by atoms with Crippen LogP contribution in [-0.2, 0) is 11.3 Å². The Hall–Kier alpha value is -1.45. The Morgan fingerprint density at radius 3 is 3.06 bits per heavy atom. The van der Waals surface area contributed by atoms with Crippen molar-refractivity contribution in [2.75, 3.05) is 26.3 Å². The molecular weight excluding hydrogens is 224 g/mol. The SMILES string of the molecule is c1ccc2c(CN3CCCOCC3)ccnc2c1. The van der Waals surface area contributed by atoms with Crippen LogP contribution >= 0.6 is 0 Å². The summed E-state index contributed by atoms with van der Waals surface area (Å²) in [7, 11) is 0. The summed E-state index contributed by atoms with van der Waals surface area (Å²) >= 11 is 0. The highest BCUT2D eigenvalue weighted by Gasteiger charge is 2.11. The van der Waals surface area contributed by atoms with Crippen molar-refractivity contribution in [1.29, 1.82) is 0 Å². The molecule has 1 aliphatic heterocycles. The molecule has 0 radical (unpaired) electrons. The highest BCUT2D eigenvalue weighted by Crippen LogP contribution is 2.18. The second-order valence-electron chi connectivity index (χ2n) is 4.73. The third-order valence-corrected chi connectivity index (χ3v) is 3.45. The van der Waals surface area contributed by atoms with Gasteiger partial charge in [0.15, 0.2) is 0 Å². The van der Waals surface area contributed by atoms with E-state index in [0.29, 0.717) is 0 Å². The second kappa shape index (κ2) is 5.46. The summed E-state index contributed by atoms with van der Waals surface area (Å²) in [5.41, 5.74) is 2.45. The van der Waals surface area contributed by atoms with Crippen molar-refractivity contribution in [3.05, 3.63) is 42.1 Å². The lowest BCUT2D eigenvalue weighted by Gasteiger charge is -2.19. The van der Waals surface area contributed by atoms with E-state index >= 15 is 0 Å². The highest BCUT2D eigenvalue weighted by atomic mass is 16.5. The van der Waals surface area contributed by atoms with Gasteiger partial charge in [-0.3, -0.25) is 9.88 Å². The monoisotopic (exact) mass is 242 g/mol. The number of rotatable bonds is 2. The summed E-state index contributed by atoms with van der Waals surface area (Å²) in [6.45, 7) is 4.89. The maximum absolute atomic E-state index is 5.50. The van der Waals surface area contributed by atoms with Gasteiger partial charge >= 0.3 is 0 Å². The van der Waals surface area contributed by atoms with Crippen molar-refractivity contribution in [2.24, 2.45) is 0 Å². The zero-order valence-electron chi connectivity index (χ0n) is 10.5. The minimum Gasteiger partial charge on any atom is -0.380 e. The van der Waals surface area contributed by atoms with Crippen LogP contribution in [0.25, 0.3) is 10.9 Å². The van der Waals surface area contributed by atoms with Gasteiger partial charge in [-0.2, -0.15) is 0 Å². The first-order valence-electron chi connectivity index (χ1n) is 6.56. The first-order chi connectivity index (χ1) is 8.93. The molecule has 2 heterocycles. The molecule has 1 saturated heterocycles. The van der Waals surface area contributed by atoms with Crippen LogP contribution in [0.3, 0.4) is 0 Å². The van der Waals surface area contributed by atoms with Gasteiger partial charge in [-0.05, 0) is 24.1 Å². The maximum atomic E-state index is 5.50. The number of hydrogen-bond acceptors (Lipinski definition) is 3. The van der Waals surface area contributed by atoms with Crippen LogP contribution in [0, 0.1) is 0 Å². The van der Waals surface area contributed by atoms with Crippen molar-refractivity contribution in [3.63, 3.8) is 0 Å². The third kappa shape index (κ3) is 2.52. The molecule has 94 valence electrons. The zero-order chi connectivity index (χ0) is 12.2. The predicted molar refractivity (Wildman–Crippen MR) is 72.5 cm³/mol. The van der Waals surface area contributed by atoms with Crippen LogP contribution < -0.4 is 0 Å².